The van der Waals surface area contributed by atoms with Crippen LogP contribution in [0.2, 0.25) is 0 Å². The maximum Gasteiger partial charge on any atom is 0.335 e. The number of hydrogen-bond donors (Lipinski definition) is 0. The number of hydroxylamine groups is 2. The van der Waals surface area contributed by atoms with Gasteiger partial charge in [-0.15, -0.1) is 5.06 Å². The molecule has 0 bridgehead atoms. The molecule has 26 heteroatoms. The number of hydrogen-bond acceptors (Lipinski definition) is 21. The highest BCUT2D eigenvalue weighted by Gasteiger charge is 2.43. The Morgan fingerprint density at radius 3 is 1.88 bits per heavy atom. The Labute approximate surface area is 431 Å². The summed E-state index contributed by atoms with van der Waals surface area (Å²) in [7, 11) is -13.8. The summed E-state index contributed by atoms with van der Waals surface area (Å²) in [4.78, 5) is 41.0. The highest BCUT2D eigenvalue weighted by atomic mass is 32.2. The van der Waals surface area contributed by atoms with Crippen molar-refractivity contribution in [1.82, 2.24) is 9.64 Å². The fourth-order valence-electron chi connectivity index (χ4n) is 8.22. The molecule has 0 radical (unpaired) electrons. The molecule has 74 heavy (non-hydrogen) atoms. The average Bonchev–Trinajstić information content (AvgIpc) is 3.77. The van der Waals surface area contributed by atoms with E-state index >= 15 is 0 Å². The van der Waals surface area contributed by atoms with Crippen LogP contribution in [0.3, 0.4) is 0 Å². The smallest absolute Gasteiger partial charge is 0.335 e. The van der Waals surface area contributed by atoms with E-state index < -0.39 is 70.0 Å². The van der Waals surface area contributed by atoms with Gasteiger partial charge >= 0.3 is 5.97 Å². The van der Waals surface area contributed by atoms with Crippen LogP contribution in [0.4, 0.5) is 5.69 Å². The number of fused-ring (bicyclic) bond motifs is 2. The lowest BCUT2D eigenvalue weighted by Gasteiger charge is -2.30. The second kappa shape index (κ2) is 28.8. The van der Waals surface area contributed by atoms with Crippen molar-refractivity contribution >= 4 is 59.9 Å². The molecule has 23 nitrogen and oxygen atoms in total. The third-order valence-corrected chi connectivity index (χ3v) is 14.3. The Morgan fingerprint density at radius 2 is 1.31 bits per heavy atom. The molecule has 3 heterocycles. The lowest BCUT2D eigenvalue weighted by Crippen LogP contribution is -2.32. The molecule has 1 atom stereocenters. The first-order chi connectivity index (χ1) is 35.2. The van der Waals surface area contributed by atoms with Gasteiger partial charge < -0.3 is 56.2 Å². The minimum absolute atomic E-state index is 0.0209. The van der Waals surface area contributed by atoms with Gasteiger partial charge in [-0.3, -0.25) is 9.59 Å². The molecule has 0 saturated carbocycles. The minimum Gasteiger partial charge on any atom is -0.748 e. The van der Waals surface area contributed by atoms with Crippen molar-refractivity contribution in [1.29, 1.82) is 0 Å². The Morgan fingerprint density at radius 1 is 0.743 bits per heavy atom. The van der Waals surface area contributed by atoms with Crippen LogP contribution in [0.15, 0.2) is 75.9 Å². The maximum atomic E-state index is 12.2. The largest absolute Gasteiger partial charge is 0.748 e. The van der Waals surface area contributed by atoms with Crippen molar-refractivity contribution in [3.05, 3.63) is 83.1 Å². The molecule has 1 aliphatic carbocycles. The maximum absolute atomic E-state index is 12.2. The number of rotatable bonds is 34. The standard InChI is InChI=1S/C48H65N3O20S3/c1-3-49(18-6-34-73(58,59)60)38-9-11-40-37(15-21-70-43(40)35-38)7-4-8-44-48(2,17-5-33-72(55,56)57)41-36-39(74(61,62)63)10-12-42(41)50(44)19-22-65-24-26-67-28-30-69-32-31-68-29-27-66-25-23-64-20-16-47(54)71-51-45(52)13-14-46(51)53/h4,7-12,15,21,35-36H,3,5-6,13-14,16-20,22-34H2,1-2H3,(H2-,55,56,57,58,59,60,61,62,63)/p-2. The van der Waals surface area contributed by atoms with Crippen molar-refractivity contribution in [2.24, 2.45) is 0 Å². The average molecular weight is 1100 g/mol. The van der Waals surface area contributed by atoms with E-state index in [0.29, 0.717) is 80.5 Å². The molecule has 5 rings (SSSR count). The molecule has 1 aromatic rings. The number of carbonyl (C=O) groups is 3. The predicted octanol–water partition coefficient (Wildman–Crippen LogP) is 2.11. The summed E-state index contributed by atoms with van der Waals surface area (Å²) >= 11 is 0. The van der Waals surface area contributed by atoms with Crippen molar-refractivity contribution in [3.63, 3.8) is 0 Å². The number of amides is 2. The van der Waals surface area contributed by atoms with E-state index in [2.05, 4.69) is 0 Å². The van der Waals surface area contributed by atoms with Crippen LogP contribution in [0.1, 0.15) is 63.5 Å². The van der Waals surface area contributed by atoms with Gasteiger partial charge in [0.2, 0.25) is 5.36 Å². The van der Waals surface area contributed by atoms with Crippen LogP contribution in [0, 0.1) is 0 Å². The molecule has 1 fully saturated rings. The lowest BCUT2D eigenvalue weighted by molar-refractivity contribution is -0.198. The van der Waals surface area contributed by atoms with Gasteiger partial charge in [-0.05, 0) is 74.2 Å². The van der Waals surface area contributed by atoms with Gasteiger partial charge in [-0.25, -0.2) is 34.6 Å². The van der Waals surface area contributed by atoms with E-state index in [-0.39, 0.29) is 84.7 Å². The summed E-state index contributed by atoms with van der Waals surface area (Å²) in [5.74, 6) is -2.43. The molecular weight excluding hydrogens is 1030 g/mol. The molecule has 4 aliphatic rings. The van der Waals surface area contributed by atoms with Crippen LogP contribution in [-0.2, 0) is 83.4 Å². The van der Waals surface area contributed by atoms with Gasteiger partial charge in [-0.1, -0.05) is 12.2 Å². The summed E-state index contributed by atoms with van der Waals surface area (Å²) in [5.41, 5.74) is 2.10. The van der Waals surface area contributed by atoms with Gasteiger partial charge in [0.1, 0.15) is 29.0 Å². The summed E-state index contributed by atoms with van der Waals surface area (Å²) in [6.45, 7) is 7.92. The first-order valence-corrected chi connectivity index (χ1v) is 28.5. The van der Waals surface area contributed by atoms with E-state index in [9.17, 15) is 53.3 Å². The molecule has 3 aliphatic heterocycles. The molecule has 1 unspecified atom stereocenters. The zero-order valence-electron chi connectivity index (χ0n) is 41.3. The van der Waals surface area contributed by atoms with Crippen LogP contribution >= 0.6 is 0 Å². The number of ether oxygens (including phenoxy) is 6. The zero-order valence-corrected chi connectivity index (χ0v) is 43.8. The second-order valence-corrected chi connectivity index (χ2v) is 21.5. The highest BCUT2D eigenvalue weighted by molar-refractivity contribution is 7.86. The van der Waals surface area contributed by atoms with E-state index in [4.69, 9.17) is 37.7 Å². The van der Waals surface area contributed by atoms with Crippen molar-refractivity contribution in [2.45, 2.75) is 62.7 Å². The number of carbonyl (C=O) groups excluding carboxylic acids is 3. The number of anilines is 1. The lowest BCUT2D eigenvalue weighted by atomic mass is 9.77. The first-order valence-electron chi connectivity index (χ1n) is 24.0. The fraction of sp³-hybridized carbons (Fsp3) is 0.542. The number of nitrogens with zero attached hydrogens (tertiary/aromatic N) is 3. The summed E-state index contributed by atoms with van der Waals surface area (Å²) < 4.78 is 146. The number of imide groups is 1. The second-order valence-electron chi connectivity index (χ2n) is 17.1. The van der Waals surface area contributed by atoms with E-state index in [1.165, 1.54) is 24.5 Å². The van der Waals surface area contributed by atoms with Crippen LogP contribution in [-0.4, -0.2) is 172 Å². The zero-order chi connectivity index (χ0) is 53.8. The molecular formula is C48H63N3O20S3-2. The molecule has 2 amide bonds. The van der Waals surface area contributed by atoms with Gasteiger partial charge in [0.25, 0.3) is 11.8 Å². The molecule has 1 saturated heterocycles. The van der Waals surface area contributed by atoms with Crippen LogP contribution < -0.4 is 14.8 Å². The minimum atomic E-state index is -4.88. The molecule has 0 aromatic heterocycles. The topological polar surface area (TPSA) is 310 Å². The monoisotopic (exact) mass is 1100 g/mol. The highest BCUT2D eigenvalue weighted by Crippen LogP contribution is 2.51. The van der Waals surface area contributed by atoms with E-state index in [1.54, 1.807) is 19.1 Å². The fourth-order valence-corrected chi connectivity index (χ4v) is 9.69. The van der Waals surface area contributed by atoms with Gasteiger partial charge in [0.05, 0.1) is 123 Å². The van der Waals surface area contributed by atoms with Gasteiger partial charge in [-0.2, -0.15) is 0 Å². The number of allylic oxidation sites excluding steroid dienone is 3. The van der Waals surface area contributed by atoms with Crippen LogP contribution in [0.25, 0.3) is 17.4 Å². The Balaban J connectivity index is 1.10. The first kappa shape index (κ1) is 59.9. The van der Waals surface area contributed by atoms with Crippen LogP contribution in [0.5, 0.6) is 0 Å². The van der Waals surface area contributed by atoms with Crippen molar-refractivity contribution < 1.29 is 91.0 Å². The summed E-state index contributed by atoms with van der Waals surface area (Å²) in [6.07, 6.45) is 7.08. The third-order valence-electron chi connectivity index (χ3n) is 11.9. The third kappa shape index (κ3) is 19.0. The number of benzene rings is 2. The van der Waals surface area contributed by atoms with Gasteiger partial charge in [0, 0.05) is 65.7 Å². The van der Waals surface area contributed by atoms with E-state index in [0.717, 1.165) is 16.5 Å². The van der Waals surface area contributed by atoms with Gasteiger partial charge in [0.15, 0.2) is 0 Å². The predicted molar refractivity (Wildman–Crippen MR) is 262 cm³/mol. The molecule has 1 aromatic carbocycles. The Hall–Kier alpha value is -4.97. The SMILES string of the molecule is CC[N+](CCCS(=O)(=O)[O-])=c1ccc2c(/C=C/C=C3/N(CCOCCOCCOCCOCCOCCOCCC(=O)ON4C(=O)CCC4=O)c4ccc(S(=O)(=O)[O-])cc4C3(C)CCCS(=O)(=O)[O-])ccoc-2c1. The normalized spacial score (nSPS) is 17.3. The van der Waals surface area contributed by atoms with Crippen molar-refractivity contribution in [2.75, 3.05) is 115 Å². The molecule has 0 spiro atoms. The Kier molecular flexibility index (Phi) is 23.3. The molecule has 410 valence electrons. The van der Waals surface area contributed by atoms with E-state index in [1.807, 2.05) is 46.8 Å². The summed E-state index contributed by atoms with van der Waals surface area (Å²) in [5, 5.41) is 1.26. The molecule has 0 N–H and O–H groups in total. The summed E-state index contributed by atoms with van der Waals surface area (Å²) in [6, 6.07) is 11.3. The Bertz CT molecular complexity index is 2800. The van der Waals surface area contributed by atoms with Crippen molar-refractivity contribution in [3.8, 4) is 11.3 Å². The quantitative estimate of drug-likeness (QED) is 0.0358.